The van der Waals surface area contributed by atoms with E-state index in [1.165, 1.54) is 70.6 Å². The number of benzene rings is 1. The van der Waals surface area contributed by atoms with E-state index in [0.717, 1.165) is 29.7 Å². The Morgan fingerprint density at radius 2 is 1.60 bits per heavy atom. The van der Waals surface area contributed by atoms with Crippen molar-refractivity contribution in [2.75, 3.05) is 6.61 Å². The van der Waals surface area contributed by atoms with Crippen LogP contribution in [0.2, 0.25) is 0 Å². The molecule has 0 aliphatic carbocycles. The molecular weight excluding hydrogens is 436 g/mol. The van der Waals surface area contributed by atoms with Crippen LogP contribution in [0.4, 0.5) is 0 Å². The summed E-state index contributed by atoms with van der Waals surface area (Å²) in [6, 6.07) is 5.49. The van der Waals surface area contributed by atoms with Crippen molar-refractivity contribution in [3.63, 3.8) is 0 Å². The molecule has 1 aliphatic heterocycles. The zero-order chi connectivity index (χ0) is 25.3. The summed E-state index contributed by atoms with van der Waals surface area (Å²) in [6.07, 6.45) is 21.7. The van der Waals surface area contributed by atoms with Crippen molar-refractivity contribution in [1.29, 1.82) is 0 Å². The summed E-state index contributed by atoms with van der Waals surface area (Å²) >= 11 is 0. The number of hydrogen-bond acceptors (Lipinski definition) is 4. The SMILES string of the molecule is C=C(COC(=O)CCCCCCCC=CCCCCCCCC)C1Cc2cc(C(C)=O)ccc2O1. The third kappa shape index (κ3) is 11.7. The first-order valence-electron chi connectivity index (χ1n) is 13.8. The number of ether oxygens (including phenoxy) is 2. The summed E-state index contributed by atoms with van der Waals surface area (Å²) in [5.74, 6) is 0.651. The Morgan fingerprint density at radius 1 is 0.971 bits per heavy atom. The van der Waals surface area contributed by atoms with Crippen LogP contribution in [0.3, 0.4) is 0 Å². The Bertz CT molecular complexity index is 823. The number of hydrogen-bond donors (Lipinski definition) is 0. The topological polar surface area (TPSA) is 52.6 Å². The number of carbonyl (C=O) groups is 2. The number of fused-ring (bicyclic) bond motifs is 1. The molecule has 1 unspecified atom stereocenters. The lowest BCUT2D eigenvalue weighted by Gasteiger charge is -2.14. The Labute approximate surface area is 213 Å². The third-order valence-corrected chi connectivity index (χ3v) is 6.66. The van der Waals surface area contributed by atoms with Gasteiger partial charge in [-0.2, -0.15) is 0 Å². The molecule has 0 spiro atoms. The monoisotopic (exact) mass is 482 g/mol. The van der Waals surface area contributed by atoms with Gasteiger partial charge >= 0.3 is 5.97 Å². The molecule has 0 N–H and O–H groups in total. The van der Waals surface area contributed by atoms with Gasteiger partial charge in [0.25, 0.3) is 0 Å². The zero-order valence-electron chi connectivity index (χ0n) is 22.1. The average molecular weight is 483 g/mol. The lowest BCUT2D eigenvalue weighted by atomic mass is 10.0. The Balaban J connectivity index is 1.44. The van der Waals surface area contributed by atoms with Gasteiger partial charge in [0, 0.05) is 24.0 Å². The molecule has 1 aromatic carbocycles. The van der Waals surface area contributed by atoms with Crippen LogP contribution in [0.25, 0.3) is 0 Å². The maximum atomic E-state index is 12.1. The van der Waals surface area contributed by atoms with Crippen molar-refractivity contribution in [2.45, 2.75) is 116 Å². The van der Waals surface area contributed by atoms with Gasteiger partial charge in [0.2, 0.25) is 0 Å². The number of allylic oxidation sites excluding steroid dienone is 2. The van der Waals surface area contributed by atoms with Gasteiger partial charge in [0.05, 0.1) is 0 Å². The molecule has 4 heteroatoms. The van der Waals surface area contributed by atoms with Gasteiger partial charge in [-0.15, -0.1) is 0 Å². The molecule has 35 heavy (non-hydrogen) atoms. The van der Waals surface area contributed by atoms with E-state index in [1.807, 2.05) is 12.1 Å². The van der Waals surface area contributed by atoms with Gasteiger partial charge < -0.3 is 9.47 Å². The van der Waals surface area contributed by atoms with Crippen LogP contribution in [0.1, 0.15) is 120 Å². The Hall–Kier alpha value is -2.36. The van der Waals surface area contributed by atoms with Crippen molar-refractivity contribution in [3.05, 3.63) is 53.6 Å². The summed E-state index contributed by atoms with van der Waals surface area (Å²) in [7, 11) is 0. The van der Waals surface area contributed by atoms with Crippen molar-refractivity contribution in [1.82, 2.24) is 0 Å². The molecule has 194 valence electrons. The van der Waals surface area contributed by atoms with E-state index in [0.29, 0.717) is 18.4 Å². The predicted octanol–water partition coefficient (Wildman–Crippen LogP) is 8.33. The second-order valence-corrected chi connectivity index (χ2v) is 9.84. The minimum absolute atomic E-state index is 0.0413. The lowest BCUT2D eigenvalue weighted by molar-refractivity contribution is -0.143. The van der Waals surface area contributed by atoms with Crippen LogP contribution in [-0.4, -0.2) is 24.5 Å². The molecule has 1 aliphatic rings. The van der Waals surface area contributed by atoms with Crippen LogP contribution >= 0.6 is 0 Å². The predicted molar refractivity (Wildman–Crippen MR) is 144 cm³/mol. The molecule has 0 saturated carbocycles. The van der Waals surface area contributed by atoms with Crippen LogP contribution in [0, 0.1) is 0 Å². The quantitative estimate of drug-likeness (QED) is 0.0860. The fourth-order valence-electron chi connectivity index (χ4n) is 4.37. The van der Waals surface area contributed by atoms with E-state index in [1.54, 1.807) is 13.0 Å². The molecule has 2 rings (SSSR count). The highest BCUT2D eigenvalue weighted by Gasteiger charge is 2.26. The first-order valence-corrected chi connectivity index (χ1v) is 13.8. The van der Waals surface area contributed by atoms with Gasteiger partial charge in [-0.1, -0.05) is 77.0 Å². The maximum Gasteiger partial charge on any atom is 0.306 e. The smallest absolute Gasteiger partial charge is 0.306 e. The summed E-state index contributed by atoms with van der Waals surface area (Å²) in [5.41, 5.74) is 2.44. The highest BCUT2D eigenvalue weighted by molar-refractivity contribution is 5.94. The van der Waals surface area contributed by atoms with Crippen molar-refractivity contribution in [3.8, 4) is 5.75 Å². The molecule has 0 fully saturated rings. The molecular formula is C31H46O4. The van der Waals surface area contributed by atoms with E-state index in [4.69, 9.17) is 9.47 Å². The Kier molecular flexibility index (Phi) is 14.1. The van der Waals surface area contributed by atoms with E-state index >= 15 is 0 Å². The normalized spacial score (nSPS) is 14.6. The molecule has 0 aromatic heterocycles. The Morgan fingerprint density at radius 3 is 2.26 bits per heavy atom. The van der Waals surface area contributed by atoms with E-state index < -0.39 is 0 Å². The number of unbranched alkanes of at least 4 members (excludes halogenated alkanes) is 11. The third-order valence-electron chi connectivity index (χ3n) is 6.66. The summed E-state index contributed by atoms with van der Waals surface area (Å²) < 4.78 is 11.3. The van der Waals surface area contributed by atoms with E-state index in [9.17, 15) is 9.59 Å². The summed E-state index contributed by atoms with van der Waals surface area (Å²) in [5, 5.41) is 0. The fraction of sp³-hybridized carbons (Fsp3) is 0.613. The second-order valence-electron chi connectivity index (χ2n) is 9.84. The second kappa shape index (κ2) is 17.1. The van der Waals surface area contributed by atoms with Crippen LogP contribution in [0.15, 0.2) is 42.5 Å². The largest absolute Gasteiger partial charge is 0.485 e. The van der Waals surface area contributed by atoms with Crippen molar-refractivity contribution < 1.29 is 19.1 Å². The van der Waals surface area contributed by atoms with Gasteiger partial charge in [-0.25, -0.2) is 0 Å². The van der Waals surface area contributed by atoms with Gasteiger partial charge in [0.15, 0.2) is 5.78 Å². The first-order chi connectivity index (χ1) is 17.0. The molecule has 1 heterocycles. The number of ketones is 1. The number of carbonyl (C=O) groups excluding carboxylic acids is 2. The minimum Gasteiger partial charge on any atom is -0.485 e. The molecule has 0 bridgehead atoms. The van der Waals surface area contributed by atoms with E-state index in [-0.39, 0.29) is 24.5 Å². The number of rotatable bonds is 19. The fourth-order valence-corrected chi connectivity index (χ4v) is 4.37. The number of Topliss-reactive ketones (excluding diaryl/α,β-unsaturated/α-hetero) is 1. The van der Waals surface area contributed by atoms with Crippen molar-refractivity contribution in [2.24, 2.45) is 0 Å². The molecule has 0 saturated heterocycles. The average Bonchev–Trinajstić information content (AvgIpc) is 3.28. The molecule has 0 radical (unpaired) electrons. The van der Waals surface area contributed by atoms with Crippen LogP contribution < -0.4 is 4.74 Å². The minimum atomic E-state index is -0.208. The van der Waals surface area contributed by atoms with Crippen molar-refractivity contribution >= 4 is 11.8 Å². The van der Waals surface area contributed by atoms with Gasteiger partial charge in [-0.3, -0.25) is 9.59 Å². The molecule has 4 nitrogen and oxygen atoms in total. The van der Waals surface area contributed by atoms with Gasteiger partial charge in [-0.05, 0) is 62.8 Å². The highest BCUT2D eigenvalue weighted by atomic mass is 16.5. The first kappa shape index (κ1) is 28.9. The van der Waals surface area contributed by atoms with Crippen LogP contribution in [0.5, 0.6) is 5.75 Å². The summed E-state index contributed by atoms with van der Waals surface area (Å²) in [6.45, 7) is 8.05. The lowest BCUT2D eigenvalue weighted by Crippen LogP contribution is -2.20. The maximum absolute atomic E-state index is 12.1. The molecule has 0 amide bonds. The van der Waals surface area contributed by atoms with Crippen LogP contribution in [-0.2, 0) is 16.0 Å². The molecule has 1 atom stereocenters. The van der Waals surface area contributed by atoms with E-state index in [2.05, 4.69) is 25.7 Å². The van der Waals surface area contributed by atoms with Gasteiger partial charge in [0.1, 0.15) is 18.5 Å². The summed E-state index contributed by atoms with van der Waals surface area (Å²) in [4.78, 5) is 23.7. The highest BCUT2D eigenvalue weighted by Crippen LogP contribution is 2.32. The number of esters is 1. The standard InChI is InChI=1S/C31H46O4/c1-4-5-6-7-8-9-10-11-12-13-14-15-16-17-18-19-31(33)34-24-25(2)30-23-28-22-27(26(3)32)20-21-29(28)35-30/h11-12,20-22,30H,2,4-10,13-19,23-24H2,1,3H3. The zero-order valence-corrected chi connectivity index (χ0v) is 22.1. The molecule has 1 aromatic rings.